The molecular formula is C10H17NOS. The first-order chi connectivity index (χ1) is 6.43. The smallest absolute Gasteiger partial charge is 0.0809 e. The number of hydrogen-bond donors (Lipinski definition) is 1. The van der Waals surface area contributed by atoms with Crippen molar-refractivity contribution in [3.63, 3.8) is 0 Å². The maximum Gasteiger partial charge on any atom is 0.0809 e. The Morgan fingerprint density at radius 3 is 3.15 bits per heavy atom. The SMILES string of the molecule is CCNCCCOCc1cccs1. The Hall–Kier alpha value is -0.380. The summed E-state index contributed by atoms with van der Waals surface area (Å²) in [5, 5.41) is 5.35. The first kappa shape index (κ1) is 10.7. The Bertz CT molecular complexity index is 199. The van der Waals surface area contributed by atoms with Gasteiger partial charge in [-0.3, -0.25) is 0 Å². The molecule has 1 heterocycles. The Labute approximate surface area is 83.9 Å². The van der Waals surface area contributed by atoms with Crippen molar-refractivity contribution in [2.24, 2.45) is 0 Å². The van der Waals surface area contributed by atoms with E-state index in [4.69, 9.17) is 4.74 Å². The zero-order chi connectivity index (χ0) is 9.36. The first-order valence-corrected chi connectivity index (χ1v) is 5.62. The molecule has 0 fully saturated rings. The van der Waals surface area contributed by atoms with Gasteiger partial charge in [0.05, 0.1) is 6.61 Å². The summed E-state index contributed by atoms with van der Waals surface area (Å²) in [5.41, 5.74) is 0. The second-order valence-electron chi connectivity index (χ2n) is 2.84. The number of rotatable bonds is 7. The third-order valence-electron chi connectivity index (χ3n) is 1.72. The molecule has 1 N–H and O–H groups in total. The van der Waals surface area contributed by atoms with Crippen molar-refractivity contribution in [1.82, 2.24) is 5.32 Å². The van der Waals surface area contributed by atoms with Gasteiger partial charge in [-0.05, 0) is 31.0 Å². The van der Waals surface area contributed by atoms with Crippen LogP contribution in [0.25, 0.3) is 0 Å². The fourth-order valence-electron chi connectivity index (χ4n) is 1.04. The third kappa shape index (κ3) is 5.03. The highest BCUT2D eigenvalue weighted by atomic mass is 32.1. The molecule has 0 saturated carbocycles. The van der Waals surface area contributed by atoms with Crippen molar-refractivity contribution in [3.8, 4) is 0 Å². The minimum Gasteiger partial charge on any atom is -0.376 e. The van der Waals surface area contributed by atoms with E-state index in [0.717, 1.165) is 32.7 Å². The predicted octanol–water partition coefficient (Wildman–Crippen LogP) is 2.26. The summed E-state index contributed by atoms with van der Waals surface area (Å²) in [5.74, 6) is 0. The van der Waals surface area contributed by atoms with Crippen LogP contribution in [0.5, 0.6) is 0 Å². The van der Waals surface area contributed by atoms with Crippen molar-refractivity contribution in [1.29, 1.82) is 0 Å². The van der Waals surface area contributed by atoms with Gasteiger partial charge in [-0.2, -0.15) is 0 Å². The Morgan fingerprint density at radius 2 is 2.46 bits per heavy atom. The first-order valence-electron chi connectivity index (χ1n) is 4.74. The monoisotopic (exact) mass is 199 g/mol. The van der Waals surface area contributed by atoms with Gasteiger partial charge in [0.25, 0.3) is 0 Å². The second kappa shape index (κ2) is 7.06. The second-order valence-corrected chi connectivity index (χ2v) is 3.87. The van der Waals surface area contributed by atoms with Crippen LogP contribution < -0.4 is 5.32 Å². The molecule has 13 heavy (non-hydrogen) atoms. The van der Waals surface area contributed by atoms with Gasteiger partial charge in [0, 0.05) is 11.5 Å². The van der Waals surface area contributed by atoms with E-state index < -0.39 is 0 Å². The number of nitrogens with one attached hydrogen (secondary N) is 1. The molecule has 0 spiro atoms. The van der Waals surface area contributed by atoms with Gasteiger partial charge in [0.2, 0.25) is 0 Å². The van der Waals surface area contributed by atoms with Crippen molar-refractivity contribution < 1.29 is 4.74 Å². The largest absolute Gasteiger partial charge is 0.376 e. The average Bonchev–Trinajstić information content (AvgIpc) is 2.63. The van der Waals surface area contributed by atoms with Crippen molar-refractivity contribution in [2.45, 2.75) is 20.0 Å². The summed E-state index contributed by atoms with van der Waals surface area (Å²) >= 11 is 1.75. The molecule has 0 atom stereocenters. The fraction of sp³-hybridized carbons (Fsp3) is 0.600. The molecule has 0 saturated heterocycles. The van der Waals surface area contributed by atoms with Gasteiger partial charge in [-0.25, -0.2) is 0 Å². The van der Waals surface area contributed by atoms with Crippen LogP contribution in [-0.4, -0.2) is 19.7 Å². The van der Waals surface area contributed by atoms with Crippen LogP contribution >= 0.6 is 11.3 Å². The van der Waals surface area contributed by atoms with Crippen LogP contribution in [0, 0.1) is 0 Å². The molecule has 0 radical (unpaired) electrons. The summed E-state index contributed by atoms with van der Waals surface area (Å²) in [4.78, 5) is 1.31. The quantitative estimate of drug-likeness (QED) is 0.680. The van der Waals surface area contributed by atoms with E-state index in [0.29, 0.717) is 0 Å². The van der Waals surface area contributed by atoms with E-state index in [-0.39, 0.29) is 0 Å². The highest BCUT2D eigenvalue weighted by molar-refractivity contribution is 7.09. The Balaban J connectivity index is 1.90. The standard InChI is InChI=1S/C10H17NOS/c1-2-11-6-4-7-12-9-10-5-3-8-13-10/h3,5,8,11H,2,4,6-7,9H2,1H3. The lowest BCUT2D eigenvalue weighted by molar-refractivity contribution is 0.120. The van der Waals surface area contributed by atoms with Crippen LogP contribution in [0.15, 0.2) is 17.5 Å². The van der Waals surface area contributed by atoms with Gasteiger partial charge >= 0.3 is 0 Å². The molecule has 3 heteroatoms. The summed E-state index contributed by atoms with van der Waals surface area (Å²) in [7, 11) is 0. The molecule has 0 unspecified atom stereocenters. The Morgan fingerprint density at radius 1 is 1.54 bits per heavy atom. The van der Waals surface area contributed by atoms with Gasteiger partial charge < -0.3 is 10.1 Å². The van der Waals surface area contributed by atoms with E-state index >= 15 is 0 Å². The summed E-state index contributed by atoms with van der Waals surface area (Å²) in [6.07, 6.45) is 1.10. The molecule has 0 aliphatic carbocycles. The van der Waals surface area contributed by atoms with Crippen LogP contribution in [0.1, 0.15) is 18.2 Å². The lowest BCUT2D eigenvalue weighted by Crippen LogP contribution is -2.15. The van der Waals surface area contributed by atoms with E-state index in [2.05, 4.69) is 29.8 Å². The normalized spacial score (nSPS) is 10.5. The topological polar surface area (TPSA) is 21.3 Å². The maximum absolute atomic E-state index is 5.50. The zero-order valence-electron chi connectivity index (χ0n) is 8.08. The van der Waals surface area contributed by atoms with Crippen LogP contribution in [0.3, 0.4) is 0 Å². The molecule has 0 aliphatic heterocycles. The number of hydrogen-bond acceptors (Lipinski definition) is 3. The summed E-state index contributed by atoms with van der Waals surface area (Å²) in [6.45, 7) is 5.84. The molecule has 0 bridgehead atoms. The van der Waals surface area contributed by atoms with Crippen molar-refractivity contribution >= 4 is 11.3 Å². The van der Waals surface area contributed by atoms with Gasteiger partial charge in [-0.1, -0.05) is 13.0 Å². The Kier molecular flexibility index (Phi) is 5.81. The molecule has 2 nitrogen and oxygen atoms in total. The fourth-order valence-corrected chi connectivity index (χ4v) is 1.68. The lowest BCUT2D eigenvalue weighted by atomic mass is 10.4. The van der Waals surface area contributed by atoms with Crippen LogP contribution in [0.4, 0.5) is 0 Å². The number of thiophene rings is 1. The zero-order valence-corrected chi connectivity index (χ0v) is 8.90. The van der Waals surface area contributed by atoms with Crippen LogP contribution in [-0.2, 0) is 11.3 Å². The molecule has 1 rings (SSSR count). The maximum atomic E-state index is 5.50. The third-order valence-corrected chi connectivity index (χ3v) is 2.57. The molecular weight excluding hydrogens is 182 g/mol. The molecule has 1 aromatic heterocycles. The molecule has 74 valence electrons. The van der Waals surface area contributed by atoms with Gasteiger partial charge in [-0.15, -0.1) is 11.3 Å². The van der Waals surface area contributed by atoms with E-state index in [1.54, 1.807) is 11.3 Å². The van der Waals surface area contributed by atoms with Gasteiger partial charge in [0.1, 0.15) is 0 Å². The predicted molar refractivity (Wildman–Crippen MR) is 57.1 cm³/mol. The number of ether oxygens (including phenoxy) is 1. The molecule has 0 aliphatic rings. The summed E-state index contributed by atoms with van der Waals surface area (Å²) < 4.78 is 5.50. The minimum atomic E-state index is 0.768. The molecule has 0 aromatic carbocycles. The minimum absolute atomic E-state index is 0.768. The van der Waals surface area contributed by atoms with Crippen LogP contribution in [0.2, 0.25) is 0 Å². The van der Waals surface area contributed by atoms with Crippen molar-refractivity contribution in [2.75, 3.05) is 19.7 Å². The van der Waals surface area contributed by atoms with E-state index in [1.807, 2.05) is 0 Å². The van der Waals surface area contributed by atoms with Crippen molar-refractivity contribution in [3.05, 3.63) is 22.4 Å². The highest BCUT2D eigenvalue weighted by Crippen LogP contribution is 2.09. The van der Waals surface area contributed by atoms with E-state index in [1.165, 1.54) is 4.88 Å². The average molecular weight is 199 g/mol. The highest BCUT2D eigenvalue weighted by Gasteiger charge is 1.92. The molecule has 1 aromatic rings. The van der Waals surface area contributed by atoms with Gasteiger partial charge in [0.15, 0.2) is 0 Å². The van der Waals surface area contributed by atoms with E-state index in [9.17, 15) is 0 Å². The lowest BCUT2D eigenvalue weighted by Gasteiger charge is -2.02. The molecule has 0 amide bonds. The summed E-state index contributed by atoms with van der Waals surface area (Å²) in [6, 6.07) is 4.16.